The number of rotatable bonds is 4. The second-order valence-electron chi connectivity index (χ2n) is 2.76. The van der Waals surface area contributed by atoms with Gasteiger partial charge in [0.15, 0.2) is 0 Å². The minimum Gasteiger partial charge on any atom is -0.319 e. The third-order valence-electron chi connectivity index (χ3n) is 1.57. The lowest BCUT2D eigenvalue weighted by Gasteiger charge is -2.34. The van der Waals surface area contributed by atoms with E-state index < -0.39 is 30.8 Å². The van der Waals surface area contributed by atoms with Gasteiger partial charge in [-0.2, -0.15) is 35.1 Å². The zero-order valence-corrected chi connectivity index (χ0v) is 7.43. The van der Waals surface area contributed by atoms with Crippen LogP contribution in [0.3, 0.4) is 0 Å². The lowest BCUT2D eigenvalue weighted by atomic mass is 10.1. The molecule has 0 saturated carbocycles. The molecule has 0 aromatic rings. The molecule has 15 heavy (non-hydrogen) atoms. The van der Waals surface area contributed by atoms with E-state index in [2.05, 4.69) is 4.74 Å². The van der Waals surface area contributed by atoms with E-state index in [-0.39, 0.29) is 7.11 Å². The number of methoxy groups -OCH3 is 1. The molecule has 92 valence electrons. The maximum absolute atomic E-state index is 12.4. The molecule has 0 atom stereocenters. The number of halogens is 8. The Morgan fingerprint density at radius 2 is 1.07 bits per heavy atom. The van der Waals surface area contributed by atoms with Crippen LogP contribution >= 0.6 is 0 Å². The van der Waals surface area contributed by atoms with Gasteiger partial charge in [-0.25, -0.2) is 0 Å². The van der Waals surface area contributed by atoms with Gasteiger partial charge in [-0.15, -0.1) is 0 Å². The SMILES string of the molecule is COC(F)(F)C(F)(F)C(F)(F)C(C)(F)F. The minimum atomic E-state index is -6.31. The largest absolute Gasteiger partial charge is 0.425 e. The van der Waals surface area contributed by atoms with Crippen LogP contribution in [0.4, 0.5) is 35.1 Å². The highest BCUT2D eigenvalue weighted by Crippen LogP contribution is 2.52. The predicted molar refractivity (Wildman–Crippen MR) is 32.5 cm³/mol. The molecule has 0 aromatic heterocycles. The Kier molecular flexibility index (Phi) is 3.32. The normalized spacial score (nSPS) is 15.6. The van der Waals surface area contributed by atoms with E-state index in [9.17, 15) is 35.1 Å². The molecule has 0 fully saturated rings. The quantitative estimate of drug-likeness (QED) is 0.692. The fraction of sp³-hybridized carbons (Fsp3) is 1.00. The van der Waals surface area contributed by atoms with E-state index in [0.717, 1.165) is 0 Å². The van der Waals surface area contributed by atoms with E-state index in [4.69, 9.17) is 0 Å². The summed E-state index contributed by atoms with van der Waals surface area (Å²) in [6.07, 6.45) is -5.68. The predicted octanol–water partition coefficient (Wildman–Crippen LogP) is 3.15. The van der Waals surface area contributed by atoms with Gasteiger partial charge in [-0.1, -0.05) is 0 Å². The van der Waals surface area contributed by atoms with Gasteiger partial charge in [0.05, 0.1) is 0 Å². The number of hydrogen-bond acceptors (Lipinski definition) is 1. The summed E-state index contributed by atoms with van der Waals surface area (Å²) in [7, 11) is -0.00219. The Bertz CT molecular complexity index is 230. The summed E-state index contributed by atoms with van der Waals surface area (Å²) in [5, 5.41) is 0. The zero-order valence-electron chi connectivity index (χ0n) is 7.43. The first-order valence-electron chi connectivity index (χ1n) is 3.37. The average Bonchev–Trinajstić information content (AvgIpc) is 2.01. The Morgan fingerprint density at radius 3 is 1.27 bits per heavy atom. The van der Waals surface area contributed by atoms with E-state index in [1.54, 1.807) is 0 Å². The lowest BCUT2D eigenvalue weighted by molar-refractivity contribution is -0.420. The first kappa shape index (κ1) is 14.4. The van der Waals surface area contributed by atoms with Crippen molar-refractivity contribution in [3.8, 4) is 0 Å². The van der Waals surface area contributed by atoms with Gasteiger partial charge in [0.25, 0.3) is 0 Å². The number of ether oxygens (including phenoxy) is 1. The standard InChI is InChI=1S/C6H6F8O/c1-3(7,8)4(9,10)5(11,12)6(13,14)15-2/h1-2H3. The van der Waals surface area contributed by atoms with Crippen LogP contribution in [0.15, 0.2) is 0 Å². The van der Waals surface area contributed by atoms with Crippen molar-refractivity contribution < 1.29 is 39.9 Å². The maximum atomic E-state index is 12.4. The van der Waals surface area contributed by atoms with Gasteiger partial charge < -0.3 is 4.74 Å². The zero-order chi connectivity index (χ0) is 12.7. The van der Waals surface area contributed by atoms with Crippen molar-refractivity contribution >= 4 is 0 Å². The molecule has 0 rings (SSSR count). The third-order valence-corrected chi connectivity index (χ3v) is 1.57. The first-order chi connectivity index (χ1) is 6.31. The van der Waals surface area contributed by atoms with Crippen LogP contribution in [0.1, 0.15) is 6.92 Å². The van der Waals surface area contributed by atoms with Crippen LogP contribution in [-0.2, 0) is 4.74 Å². The number of hydrogen-bond donors (Lipinski definition) is 0. The van der Waals surface area contributed by atoms with Crippen molar-refractivity contribution in [2.24, 2.45) is 0 Å². The van der Waals surface area contributed by atoms with E-state index in [0.29, 0.717) is 0 Å². The Hall–Kier alpha value is -0.600. The van der Waals surface area contributed by atoms with Crippen molar-refractivity contribution in [3.63, 3.8) is 0 Å². The Labute approximate surface area is 79.0 Å². The smallest absolute Gasteiger partial charge is 0.319 e. The molecule has 0 heterocycles. The second kappa shape index (κ2) is 3.46. The molecule has 0 spiro atoms. The molecule has 0 aliphatic carbocycles. The van der Waals surface area contributed by atoms with Crippen LogP contribution in [0, 0.1) is 0 Å². The highest BCUT2D eigenvalue weighted by Gasteiger charge is 2.80. The van der Waals surface area contributed by atoms with Crippen molar-refractivity contribution in [1.82, 2.24) is 0 Å². The highest BCUT2D eigenvalue weighted by molar-refractivity contribution is 4.98. The van der Waals surface area contributed by atoms with Gasteiger partial charge in [-0.05, 0) is 0 Å². The van der Waals surface area contributed by atoms with Crippen LogP contribution in [-0.4, -0.2) is 31.0 Å². The molecule has 0 amide bonds. The molecule has 0 N–H and O–H groups in total. The summed E-state index contributed by atoms with van der Waals surface area (Å²) in [5.41, 5.74) is 0. The second-order valence-corrected chi connectivity index (χ2v) is 2.76. The molecule has 0 saturated heterocycles. The van der Waals surface area contributed by atoms with E-state index in [1.165, 1.54) is 0 Å². The Balaban J connectivity index is 5.38. The molecule has 0 aliphatic rings. The van der Waals surface area contributed by atoms with Gasteiger partial charge in [0.2, 0.25) is 0 Å². The summed E-state index contributed by atoms with van der Waals surface area (Å²) in [6, 6.07) is 0. The molecule has 0 aliphatic heterocycles. The summed E-state index contributed by atoms with van der Waals surface area (Å²) in [5.74, 6) is -17.8. The topological polar surface area (TPSA) is 9.23 Å². The maximum Gasteiger partial charge on any atom is 0.425 e. The van der Waals surface area contributed by atoms with Gasteiger partial charge in [-0.3, -0.25) is 0 Å². The molecular weight excluding hydrogens is 240 g/mol. The van der Waals surface area contributed by atoms with Crippen LogP contribution in [0.5, 0.6) is 0 Å². The molecular formula is C6H6F8O. The van der Waals surface area contributed by atoms with E-state index in [1.807, 2.05) is 0 Å². The monoisotopic (exact) mass is 246 g/mol. The minimum absolute atomic E-state index is 0.00219. The fourth-order valence-electron chi connectivity index (χ4n) is 0.587. The van der Waals surface area contributed by atoms with Crippen LogP contribution < -0.4 is 0 Å². The van der Waals surface area contributed by atoms with Crippen molar-refractivity contribution in [3.05, 3.63) is 0 Å². The first-order valence-corrected chi connectivity index (χ1v) is 3.37. The molecule has 1 nitrogen and oxygen atoms in total. The molecule has 0 unspecified atom stereocenters. The summed E-state index contributed by atoms with van der Waals surface area (Å²) in [4.78, 5) is 0. The van der Waals surface area contributed by atoms with Crippen molar-refractivity contribution in [2.45, 2.75) is 30.8 Å². The third kappa shape index (κ3) is 2.01. The summed E-state index contributed by atoms with van der Waals surface area (Å²) in [6.45, 7) is -0.591. The van der Waals surface area contributed by atoms with Crippen molar-refractivity contribution in [1.29, 1.82) is 0 Å². The van der Waals surface area contributed by atoms with Crippen LogP contribution in [0.25, 0.3) is 0 Å². The summed E-state index contributed by atoms with van der Waals surface area (Å²) < 4.78 is 101. The summed E-state index contributed by atoms with van der Waals surface area (Å²) >= 11 is 0. The Morgan fingerprint density at radius 1 is 0.733 bits per heavy atom. The van der Waals surface area contributed by atoms with Gasteiger partial charge in [0.1, 0.15) is 0 Å². The molecule has 9 heteroatoms. The molecule has 0 radical (unpaired) electrons. The lowest BCUT2D eigenvalue weighted by Crippen LogP contribution is -2.61. The highest BCUT2D eigenvalue weighted by atomic mass is 19.4. The van der Waals surface area contributed by atoms with E-state index >= 15 is 0 Å². The molecule has 0 aromatic carbocycles. The number of alkyl halides is 8. The average molecular weight is 246 g/mol. The van der Waals surface area contributed by atoms with Gasteiger partial charge in [0, 0.05) is 14.0 Å². The van der Waals surface area contributed by atoms with Crippen LogP contribution in [0.2, 0.25) is 0 Å². The molecule has 0 bridgehead atoms. The fourth-order valence-corrected chi connectivity index (χ4v) is 0.587. The van der Waals surface area contributed by atoms with Crippen molar-refractivity contribution in [2.75, 3.05) is 7.11 Å². The van der Waals surface area contributed by atoms with Gasteiger partial charge >= 0.3 is 23.9 Å².